The lowest BCUT2D eigenvalue weighted by Crippen LogP contribution is -2.35. The third kappa shape index (κ3) is 4.81. The van der Waals surface area contributed by atoms with Gasteiger partial charge < -0.3 is 10.6 Å². The van der Waals surface area contributed by atoms with Gasteiger partial charge in [0, 0.05) is 49.5 Å². The smallest absolute Gasteiger partial charge is 0.242 e. The van der Waals surface area contributed by atoms with Crippen molar-refractivity contribution in [3.8, 4) is 5.82 Å². The quantitative estimate of drug-likeness (QED) is 0.656. The van der Waals surface area contributed by atoms with Crippen LogP contribution in [0.5, 0.6) is 0 Å². The van der Waals surface area contributed by atoms with Crippen molar-refractivity contribution in [3.05, 3.63) is 60.6 Å². The molecule has 3 heterocycles. The summed E-state index contributed by atoms with van der Waals surface area (Å²) in [6.07, 6.45) is 10.4. The molecule has 3 aromatic heterocycles. The van der Waals surface area contributed by atoms with Crippen molar-refractivity contribution >= 4 is 30.7 Å². The zero-order chi connectivity index (χ0) is 16.9. The highest BCUT2D eigenvalue weighted by Crippen LogP contribution is 2.13. The zero-order valence-electron chi connectivity index (χ0n) is 14.4. The number of amides is 1. The highest BCUT2D eigenvalue weighted by molar-refractivity contribution is 5.85. The van der Waals surface area contributed by atoms with Gasteiger partial charge in [-0.05, 0) is 13.1 Å². The van der Waals surface area contributed by atoms with Crippen LogP contribution in [0.1, 0.15) is 17.2 Å². The maximum absolute atomic E-state index is 12.5. The minimum atomic E-state index is -0.452. The molecule has 0 radical (unpaired) electrons. The van der Waals surface area contributed by atoms with Crippen molar-refractivity contribution in [2.24, 2.45) is 7.05 Å². The van der Waals surface area contributed by atoms with E-state index >= 15 is 0 Å². The number of aromatic nitrogens is 5. The van der Waals surface area contributed by atoms with Crippen LogP contribution in [0.3, 0.4) is 0 Å². The van der Waals surface area contributed by atoms with Crippen LogP contribution in [0.25, 0.3) is 5.82 Å². The van der Waals surface area contributed by atoms with Gasteiger partial charge in [0.15, 0.2) is 0 Å². The predicted octanol–water partition coefficient (Wildman–Crippen LogP) is 1.42. The summed E-state index contributed by atoms with van der Waals surface area (Å²) in [7, 11) is 3.57. The maximum Gasteiger partial charge on any atom is 0.242 e. The first kappa shape index (κ1) is 21.6. The molecular formula is C16H21Cl2N7O. The van der Waals surface area contributed by atoms with E-state index in [1.54, 1.807) is 36.6 Å². The van der Waals surface area contributed by atoms with Gasteiger partial charge in [0.25, 0.3) is 0 Å². The van der Waals surface area contributed by atoms with Crippen LogP contribution in [0.15, 0.2) is 49.4 Å². The Morgan fingerprint density at radius 1 is 1.31 bits per heavy atom. The van der Waals surface area contributed by atoms with Crippen molar-refractivity contribution in [3.63, 3.8) is 0 Å². The molecule has 0 saturated carbocycles. The molecule has 26 heavy (non-hydrogen) atoms. The second-order valence-electron chi connectivity index (χ2n) is 5.34. The lowest BCUT2D eigenvalue weighted by Gasteiger charge is -2.15. The lowest BCUT2D eigenvalue weighted by atomic mass is 10.1. The van der Waals surface area contributed by atoms with Gasteiger partial charge in [0.2, 0.25) is 5.91 Å². The van der Waals surface area contributed by atoms with E-state index in [9.17, 15) is 4.79 Å². The number of nitrogens with zero attached hydrogens (tertiary/aromatic N) is 5. The standard InChI is InChI=1S/C16H19N7O.2ClH/c1-17-14(13-9-21-22(2)10-13)16(24)20-8-12-4-3-5-19-15(12)23-7-6-18-11-23;;/h3-7,9-11,14,17H,8H2,1-2H3,(H,20,24);2*1H. The average molecular weight is 398 g/mol. The van der Waals surface area contributed by atoms with E-state index in [0.717, 1.165) is 16.9 Å². The Kier molecular flexibility index (Phi) is 8.24. The molecule has 0 fully saturated rings. The van der Waals surface area contributed by atoms with E-state index in [-0.39, 0.29) is 30.7 Å². The molecule has 0 spiro atoms. The van der Waals surface area contributed by atoms with E-state index in [0.29, 0.717) is 6.54 Å². The third-order valence-electron chi connectivity index (χ3n) is 3.68. The van der Waals surface area contributed by atoms with Gasteiger partial charge in [-0.3, -0.25) is 14.0 Å². The number of carbonyl (C=O) groups excluding carboxylic acids is 1. The first-order valence-electron chi connectivity index (χ1n) is 7.55. The summed E-state index contributed by atoms with van der Waals surface area (Å²) in [4.78, 5) is 20.9. The second kappa shape index (κ2) is 9.91. The first-order valence-corrected chi connectivity index (χ1v) is 7.55. The van der Waals surface area contributed by atoms with Crippen molar-refractivity contribution < 1.29 is 4.79 Å². The van der Waals surface area contributed by atoms with Gasteiger partial charge >= 0.3 is 0 Å². The van der Waals surface area contributed by atoms with Crippen LogP contribution in [0.2, 0.25) is 0 Å². The van der Waals surface area contributed by atoms with Gasteiger partial charge in [-0.1, -0.05) is 6.07 Å². The van der Waals surface area contributed by atoms with E-state index < -0.39 is 6.04 Å². The molecule has 3 rings (SSSR count). The fourth-order valence-corrected chi connectivity index (χ4v) is 2.51. The number of imidazole rings is 1. The highest BCUT2D eigenvalue weighted by atomic mass is 35.5. The molecule has 8 nitrogen and oxygen atoms in total. The Labute approximate surface area is 163 Å². The fourth-order valence-electron chi connectivity index (χ4n) is 2.51. The molecule has 10 heteroatoms. The summed E-state index contributed by atoms with van der Waals surface area (Å²) in [6, 6.07) is 3.33. The fraction of sp³-hybridized carbons (Fsp3) is 0.250. The van der Waals surface area contributed by atoms with Gasteiger partial charge in [0.05, 0.1) is 6.20 Å². The number of rotatable bonds is 6. The molecule has 0 aromatic carbocycles. The maximum atomic E-state index is 12.5. The Morgan fingerprint density at radius 3 is 2.73 bits per heavy atom. The van der Waals surface area contributed by atoms with Crippen LogP contribution >= 0.6 is 24.8 Å². The summed E-state index contributed by atoms with van der Waals surface area (Å²) in [5.41, 5.74) is 1.73. The largest absolute Gasteiger partial charge is 0.350 e. The van der Waals surface area contributed by atoms with Gasteiger partial charge in [-0.2, -0.15) is 5.10 Å². The minimum Gasteiger partial charge on any atom is -0.350 e. The molecular weight excluding hydrogens is 377 g/mol. The number of pyridine rings is 1. The monoisotopic (exact) mass is 397 g/mol. The average Bonchev–Trinajstić information content (AvgIpc) is 3.26. The van der Waals surface area contributed by atoms with Crippen molar-refractivity contribution in [2.75, 3.05) is 7.05 Å². The van der Waals surface area contributed by atoms with Crippen molar-refractivity contribution in [1.82, 2.24) is 34.9 Å². The Bertz CT molecular complexity index is 820. The Hall–Kier alpha value is -2.42. The molecule has 2 N–H and O–H groups in total. The molecule has 0 aliphatic rings. The highest BCUT2D eigenvalue weighted by Gasteiger charge is 2.20. The topological polar surface area (TPSA) is 89.7 Å². The summed E-state index contributed by atoms with van der Waals surface area (Å²) in [6.45, 7) is 0.374. The van der Waals surface area contributed by atoms with Gasteiger partial charge in [0.1, 0.15) is 18.2 Å². The summed E-state index contributed by atoms with van der Waals surface area (Å²) in [5, 5.41) is 10.1. The molecule has 1 amide bonds. The Morgan fingerprint density at radius 2 is 2.12 bits per heavy atom. The van der Waals surface area contributed by atoms with Crippen molar-refractivity contribution in [2.45, 2.75) is 12.6 Å². The summed E-state index contributed by atoms with van der Waals surface area (Å²) >= 11 is 0. The number of carbonyl (C=O) groups is 1. The van der Waals surface area contributed by atoms with Gasteiger partial charge in [-0.25, -0.2) is 9.97 Å². The third-order valence-corrected chi connectivity index (χ3v) is 3.68. The van der Waals surface area contributed by atoms with E-state index in [1.165, 1.54) is 0 Å². The van der Waals surface area contributed by atoms with Gasteiger partial charge in [-0.15, -0.1) is 24.8 Å². The number of halogens is 2. The van der Waals surface area contributed by atoms with E-state index in [4.69, 9.17) is 0 Å². The van der Waals surface area contributed by atoms with Crippen LogP contribution in [-0.2, 0) is 18.4 Å². The SMILES string of the molecule is CNC(C(=O)NCc1cccnc1-n1ccnc1)c1cnn(C)c1.Cl.Cl. The van der Waals surface area contributed by atoms with E-state index in [2.05, 4.69) is 25.7 Å². The van der Waals surface area contributed by atoms with Crippen LogP contribution in [0, 0.1) is 0 Å². The molecule has 1 unspecified atom stereocenters. The van der Waals surface area contributed by atoms with E-state index in [1.807, 2.05) is 36.1 Å². The molecule has 0 aliphatic heterocycles. The number of aryl methyl sites for hydroxylation is 1. The normalized spacial score (nSPS) is 11.2. The number of hydrogen-bond donors (Lipinski definition) is 2. The zero-order valence-corrected chi connectivity index (χ0v) is 16.0. The summed E-state index contributed by atoms with van der Waals surface area (Å²) < 4.78 is 3.49. The second-order valence-corrected chi connectivity index (χ2v) is 5.34. The Balaban J connectivity index is 0.00000169. The lowest BCUT2D eigenvalue weighted by molar-refractivity contribution is -0.123. The molecule has 0 aliphatic carbocycles. The van der Waals surface area contributed by atoms with Crippen LogP contribution < -0.4 is 10.6 Å². The molecule has 3 aromatic rings. The first-order chi connectivity index (χ1) is 11.7. The van der Waals surface area contributed by atoms with Crippen molar-refractivity contribution in [1.29, 1.82) is 0 Å². The number of nitrogens with one attached hydrogen (secondary N) is 2. The molecule has 0 saturated heterocycles. The number of hydrogen-bond acceptors (Lipinski definition) is 5. The molecule has 0 bridgehead atoms. The predicted molar refractivity (Wildman–Crippen MR) is 103 cm³/mol. The van der Waals surface area contributed by atoms with Crippen LogP contribution in [0.4, 0.5) is 0 Å². The number of likely N-dealkylation sites (N-methyl/N-ethyl adjacent to an activating group) is 1. The van der Waals surface area contributed by atoms with Crippen LogP contribution in [-0.4, -0.2) is 37.3 Å². The minimum absolute atomic E-state index is 0. The summed E-state index contributed by atoms with van der Waals surface area (Å²) in [5.74, 6) is 0.628. The molecule has 140 valence electrons. The molecule has 1 atom stereocenters.